The lowest BCUT2D eigenvalue weighted by Gasteiger charge is -2.36. The van der Waals surface area contributed by atoms with Gasteiger partial charge in [0, 0.05) is 31.4 Å². The van der Waals surface area contributed by atoms with Crippen LogP contribution in [0.2, 0.25) is 0 Å². The third kappa shape index (κ3) is 3.99. The van der Waals surface area contributed by atoms with E-state index in [0.29, 0.717) is 6.54 Å². The summed E-state index contributed by atoms with van der Waals surface area (Å²) in [6, 6.07) is 13.1. The Hall–Kier alpha value is -2.53. The molecule has 0 aliphatic carbocycles. The molecule has 5 heteroatoms. The van der Waals surface area contributed by atoms with E-state index in [1.807, 2.05) is 24.4 Å². The molecule has 2 aromatic rings. The van der Waals surface area contributed by atoms with Gasteiger partial charge in [-0.1, -0.05) is 6.07 Å². The van der Waals surface area contributed by atoms with Crippen LogP contribution in [-0.2, 0) is 10.2 Å². The van der Waals surface area contributed by atoms with Crippen LogP contribution in [0.15, 0.2) is 47.5 Å². The Kier molecular flexibility index (Phi) is 5.78. The number of phenols is 1. The van der Waals surface area contributed by atoms with Gasteiger partial charge in [-0.2, -0.15) is 0 Å². The third-order valence-electron chi connectivity index (χ3n) is 4.97. The molecule has 26 heavy (non-hydrogen) atoms. The first-order valence-electron chi connectivity index (χ1n) is 8.76. The van der Waals surface area contributed by atoms with Gasteiger partial charge in [0.1, 0.15) is 5.75 Å². The van der Waals surface area contributed by atoms with E-state index in [1.54, 1.807) is 26.4 Å². The average molecular weight is 355 g/mol. The van der Waals surface area contributed by atoms with Gasteiger partial charge >= 0.3 is 0 Å². The fourth-order valence-electron chi connectivity index (χ4n) is 3.35. The normalized spacial score (nSPS) is 16.5. The first-order valence-corrected chi connectivity index (χ1v) is 8.76. The van der Waals surface area contributed by atoms with Crippen molar-refractivity contribution in [3.63, 3.8) is 0 Å². The second-order valence-electron chi connectivity index (χ2n) is 6.52. The highest BCUT2D eigenvalue weighted by molar-refractivity contribution is 5.79. The monoisotopic (exact) mass is 355 g/mol. The van der Waals surface area contributed by atoms with Gasteiger partial charge < -0.3 is 19.3 Å². The van der Waals surface area contributed by atoms with Crippen LogP contribution in [0, 0.1) is 0 Å². The number of rotatable bonds is 6. The summed E-state index contributed by atoms with van der Waals surface area (Å²) in [6.45, 7) is 2.12. The van der Waals surface area contributed by atoms with Crippen molar-refractivity contribution in [2.24, 2.45) is 4.99 Å². The van der Waals surface area contributed by atoms with Gasteiger partial charge in [0.15, 0.2) is 11.5 Å². The van der Waals surface area contributed by atoms with Crippen molar-refractivity contribution in [3.05, 3.63) is 53.6 Å². The molecule has 0 radical (unpaired) electrons. The summed E-state index contributed by atoms with van der Waals surface area (Å²) in [6.07, 6.45) is 3.68. The molecule has 0 aromatic heterocycles. The predicted octanol–water partition coefficient (Wildman–Crippen LogP) is 3.58. The maximum absolute atomic E-state index is 9.39. The molecule has 0 atom stereocenters. The largest absolute Gasteiger partial charge is 0.508 e. The lowest BCUT2D eigenvalue weighted by molar-refractivity contribution is 0.0531. The molecule has 1 heterocycles. The summed E-state index contributed by atoms with van der Waals surface area (Å²) in [5.74, 6) is 1.72. The van der Waals surface area contributed by atoms with Crippen LogP contribution in [0.3, 0.4) is 0 Å². The van der Waals surface area contributed by atoms with Crippen LogP contribution in [-0.4, -0.2) is 45.3 Å². The van der Waals surface area contributed by atoms with Crippen molar-refractivity contribution >= 4 is 6.21 Å². The molecule has 0 bridgehead atoms. The number of nitrogens with zero attached hydrogens (tertiary/aromatic N) is 1. The van der Waals surface area contributed by atoms with E-state index in [9.17, 15) is 5.11 Å². The Morgan fingerprint density at radius 2 is 1.73 bits per heavy atom. The average Bonchev–Trinajstić information content (AvgIpc) is 2.69. The maximum Gasteiger partial charge on any atom is 0.161 e. The summed E-state index contributed by atoms with van der Waals surface area (Å²) in [5, 5.41) is 9.39. The maximum atomic E-state index is 9.39. The zero-order valence-corrected chi connectivity index (χ0v) is 15.3. The van der Waals surface area contributed by atoms with E-state index in [0.717, 1.165) is 43.1 Å². The molecule has 0 unspecified atom stereocenters. The first kappa shape index (κ1) is 18.3. The van der Waals surface area contributed by atoms with Crippen molar-refractivity contribution < 1.29 is 19.3 Å². The number of methoxy groups -OCH3 is 2. The fraction of sp³-hybridized carbons (Fsp3) is 0.381. The third-order valence-corrected chi connectivity index (χ3v) is 4.97. The van der Waals surface area contributed by atoms with E-state index < -0.39 is 0 Å². The van der Waals surface area contributed by atoms with Crippen molar-refractivity contribution in [1.29, 1.82) is 0 Å². The van der Waals surface area contributed by atoms with Gasteiger partial charge in [-0.25, -0.2) is 0 Å². The minimum Gasteiger partial charge on any atom is -0.508 e. The molecule has 0 saturated carbocycles. The zero-order valence-electron chi connectivity index (χ0n) is 15.3. The smallest absolute Gasteiger partial charge is 0.161 e. The van der Waals surface area contributed by atoms with Gasteiger partial charge in [0.05, 0.1) is 14.2 Å². The number of aliphatic imine (C=N–C) groups is 1. The predicted molar refractivity (Wildman–Crippen MR) is 102 cm³/mol. The van der Waals surface area contributed by atoms with Crippen LogP contribution in [0.5, 0.6) is 17.2 Å². The summed E-state index contributed by atoms with van der Waals surface area (Å²) in [5.41, 5.74) is 2.09. The quantitative estimate of drug-likeness (QED) is 0.805. The SMILES string of the molecule is COc1ccc(C2(CN=Cc3ccc(O)cc3)CCOCC2)cc1OC. The lowest BCUT2D eigenvalue weighted by atomic mass is 9.74. The van der Waals surface area contributed by atoms with E-state index in [4.69, 9.17) is 19.2 Å². The van der Waals surface area contributed by atoms with Crippen LogP contribution in [0.4, 0.5) is 0 Å². The molecule has 1 fully saturated rings. The van der Waals surface area contributed by atoms with Crippen molar-refractivity contribution in [2.45, 2.75) is 18.3 Å². The molecular formula is C21H25NO4. The minimum atomic E-state index is -0.0782. The summed E-state index contributed by atoms with van der Waals surface area (Å²) in [7, 11) is 3.30. The van der Waals surface area contributed by atoms with Crippen LogP contribution in [0.25, 0.3) is 0 Å². The van der Waals surface area contributed by atoms with Gasteiger partial charge in [0.25, 0.3) is 0 Å². The van der Waals surface area contributed by atoms with Gasteiger partial charge in [-0.15, -0.1) is 0 Å². The van der Waals surface area contributed by atoms with E-state index in [2.05, 4.69) is 12.1 Å². The Morgan fingerprint density at radius 1 is 1.04 bits per heavy atom. The molecule has 2 aromatic carbocycles. The summed E-state index contributed by atoms with van der Waals surface area (Å²) in [4.78, 5) is 4.71. The highest BCUT2D eigenvalue weighted by Crippen LogP contribution is 2.39. The van der Waals surface area contributed by atoms with Gasteiger partial charge in [0.2, 0.25) is 0 Å². The second kappa shape index (κ2) is 8.23. The Morgan fingerprint density at radius 3 is 2.38 bits per heavy atom. The molecule has 1 N–H and O–H groups in total. The zero-order chi connectivity index (χ0) is 18.4. The molecule has 1 aliphatic heterocycles. The molecule has 1 aliphatic rings. The van der Waals surface area contributed by atoms with Crippen molar-refractivity contribution in [1.82, 2.24) is 0 Å². The van der Waals surface area contributed by atoms with E-state index in [-0.39, 0.29) is 11.2 Å². The Bertz CT molecular complexity index is 749. The number of hydrogen-bond acceptors (Lipinski definition) is 5. The van der Waals surface area contributed by atoms with Crippen molar-refractivity contribution in [3.8, 4) is 17.2 Å². The number of benzene rings is 2. The molecule has 5 nitrogen and oxygen atoms in total. The number of aromatic hydroxyl groups is 1. The topological polar surface area (TPSA) is 60.3 Å². The standard InChI is InChI=1S/C21H25NO4/c1-24-19-8-5-17(13-20(19)25-2)21(9-11-26-12-10-21)15-22-14-16-3-6-18(23)7-4-16/h3-8,13-14,23H,9-12,15H2,1-2H3. The molecule has 1 saturated heterocycles. The molecule has 138 valence electrons. The molecular weight excluding hydrogens is 330 g/mol. The molecule has 3 rings (SSSR count). The van der Waals surface area contributed by atoms with Gasteiger partial charge in [-0.3, -0.25) is 4.99 Å². The second-order valence-corrected chi connectivity index (χ2v) is 6.52. The van der Waals surface area contributed by atoms with Crippen LogP contribution >= 0.6 is 0 Å². The first-order chi connectivity index (χ1) is 12.7. The van der Waals surface area contributed by atoms with Crippen molar-refractivity contribution in [2.75, 3.05) is 34.0 Å². The molecule has 0 amide bonds. The Balaban J connectivity index is 1.85. The van der Waals surface area contributed by atoms with E-state index >= 15 is 0 Å². The number of ether oxygens (including phenoxy) is 3. The summed E-state index contributed by atoms with van der Waals surface area (Å²) >= 11 is 0. The van der Waals surface area contributed by atoms with Gasteiger partial charge in [-0.05, 0) is 60.4 Å². The fourth-order valence-corrected chi connectivity index (χ4v) is 3.35. The summed E-state index contributed by atoms with van der Waals surface area (Å²) < 4.78 is 16.4. The van der Waals surface area contributed by atoms with Crippen LogP contribution in [0.1, 0.15) is 24.0 Å². The van der Waals surface area contributed by atoms with E-state index in [1.165, 1.54) is 5.56 Å². The Labute approximate surface area is 154 Å². The number of hydrogen-bond donors (Lipinski definition) is 1. The minimum absolute atomic E-state index is 0.0782. The lowest BCUT2D eigenvalue weighted by Crippen LogP contribution is -2.36. The van der Waals surface area contributed by atoms with Crippen LogP contribution < -0.4 is 9.47 Å². The number of phenolic OH excluding ortho intramolecular Hbond substituents is 1. The highest BCUT2D eigenvalue weighted by atomic mass is 16.5. The molecule has 0 spiro atoms. The highest BCUT2D eigenvalue weighted by Gasteiger charge is 2.34.